The first-order valence-electron chi connectivity index (χ1n) is 9.14. The molecule has 0 fully saturated rings. The van der Waals surface area contributed by atoms with Crippen molar-refractivity contribution < 1.29 is 19.0 Å². The first kappa shape index (κ1) is 19.1. The lowest BCUT2D eigenvalue weighted by Gasteiger charge is -2.38. The number of hydrogen-bond donors (Lipinski definition) is 1. The van der Waals surface area contributed by atoms with Gasteiger partial charge in [-0.15, -0.1) is 0 Å². The van der Waals surface area contributed by atoms with Gasteiger partial charge in [0.05, 0.1) is 13.2 Å². The number of fused-ring (bicyclic) bond motifs is 1. The molecule has 0 bridgehead atoms. The van der Waals surface area contributed by atoms with E-state index >= 15 is 0 Å². The van der Waals surface area contributed by atoms with Crippen LogP contribution in [0.1, 0.15) is 43.0 Å². The van der Waals surface area contributed by atoms with Gasteiger partial charge in [-0.3, -0.25) is 4.79 Å². The predicted octanol–water partition coefficient (Wildman–Crippen LogP) is 4.11. The van der Waals surface area contributed by atoms with E-state index in [1.807, 2.05) is 64.1 Å². The van der Waals surface area contributed by atoms with E-state index in [2.05, 4.69) is 5.32 Å². The molecule has 27 heavy (non-hydrogen) atoms. The third kappa shape index (κ3) is 4.54. The molecule has 0 radical (unpaired) electrons. The largest absolute Gasteiger partial charge is 0.497 e. The van der Waals surface area contributed by atoms with Gasteiger partial charge in [0.2, 0.25) is 0 Å². The lowest BCUT2D eigenvalue weighted by molar-refractivity contribution is -0.124. The summed E-state index contributed by atoms with van der Waals surface area (Å²) in [7, 11) is 1.63. The molecule has 0 aromatic heterocycles. The Hall–Kier alpha value is -2.69. The Balaban J connectivity index is 1.71. The SMILES string of the molecule is COc1ccc2c(c1)C(NC(=O)COc1ccc(C)cc1C)CC(C)(C)O2. The molecule has 1 aliphatic heterocycles. The molecule has 0 saturated heterocycles. The van der Waals surface area contributed by atoms with Gasteiger partial charge in [0.1, 0.15) is 22.8 Å². The van der Waals surface area contributed by atoms with E-state index in [1.54, 1.807) is 7.11 Å². The normalized spacial score (nSPS) is 17.4. The molecule has 0 aliphatic carbocycles. The maximum absolute atomic E-state index is 12.5. The lowest BCUT2D eigenvalue weighted by Crippen LogP contribution is -2.42. The second-order valence-electron chi connectivity index (χ2n) is 7.65. The first-order chi connectivity index (χ1) is 12.8. The van der Waals surface area contributed by atoms with Crippen molar-refractivity contribution >= 4 is 5.91 Å². The predicted molar refractivity (Wildman–Crippen MR) is 105 cm³/mol. The summed E-state index contributed by atoms with van der Waals surface area (Å²) in [5.74, 6) is 2.08. The topological polar surface area (TPSA) is 56.8 Å². The van der Waals surface area contributed by atoms with Crippen LogP contribution in [0.25, 0.3) is 0 Å². The van der Waals surface area contributed by atoms with Gasteiger partial charge >= 0.3 is 0 Å². The van der Waals surface area contributed by atoms with Gasteiger partial charge in [0.15, 0.2) is 6.61 Å². The molecule has 1 aliphatic rings. The van der Waals surface area contributed by atoms with Gasteiger partial charge in [0.25, 0.3) is 5.91 Å². The molecule has 2 aromatic rings. The fourth-order valence-electron chi connectivity index (χ4n) is 3.43. The van der Waals surface area contributed by atoms with Crippen LogP contribution in [0.15, 0.2) is 36.4 Å². The summed E-state index contributed by atoms with van der Waals surface area (Å²) < 4.78 is 17.1. The first-order valence-corrected chi connectivity index (χ1v) is 9.14. The maximum atomic E-state index is 12.5. The van der Waals surface area contributed by atoms with Crippen LogP contribution in [0.2, 0.25) is 0 Å². The molecule has 5 nitrogen and oxygen atoms in total. The molecular weight excluding hydrogens is 342 g/mol. The van der Waals surface area contributed by atoms with Gasteiger partial charge in [-0.1, -0.05) is 17.7 Å². The average Bonchev–Trinajstić information content (AvgIpc) is 2.60. The summed E-state index contributed by atoms with van der Waals surface area (Å²) in [6, 6.07) is 11.4. The van der Waals surface area contributed by atoms with Crippen molar-refractivity contribution in [2.75, 3.05) is 13.7 Å². The Kier molecular flexibility index (Phi) is 5.31. The van der Waals surface area contributed by atoms with Crippen LogP contribution in [-0.2, 0) is 4.79 Å². The molecule has 2 aromatic carbocycles. The number of methoxy groups -OCH3 is 1. The highest BCUT2D eigenvalue weighted by Crippen LogP contribution is 2.41. The van der Waals surface area contributed by atoms with Gasteiger partial charge in [0, 0.05) is 12.0 Å². The summed E-state index contributed by atoms with van der Waals surface area (Å²) in [6.07, 6.45) is 0.669. The highest BCUT2D eigenvalue weighted by Gasteiger charge is 2.34. The third-order valence-corrected chi connectivity index (χ3v) is 4.70. The molecule has 144 valence electrons. The van der Waals surface area contributed by atoms with E-state index in [9.17, 15) is 4.79 Å². The zero-order chi connectivity index (χ0) is 19.6. The van der Waals surface area contributed by atoms with Crippen LogP contribution in [0.5, 0.6) is 17.2 Å². The molecule has 1 N–H and O–H groups in total. The van der Waals surface area contributed by atoms with Crippen molar-refractivity contribution in [2.45, 2.75) is 45.8 Å². The second-order valence-corrected chi connectivity index (χ2v) is 7.65. The summed E-state index contributed by atoms with van der Waals surface area (Å²) in [4.78, 5) is 12.5. The number of carbonyl (C=O) groups is 1. The van der Waals surface area contributed by atoms with Crippen molar-refractivity contribution in [3.8, 4) is 17.2 Å². The van der Waals surface area contributed by atoms with Gasteiger partial charge < -0.3 is 19.5 Å². The molecule has 5 heteroatoms. The second kappa shape index (κ2) is 7.51. The smallest absolute Gasteiger partial charge is 0.258 e. The quantitative estimate of drug-likeness (QED) is 0.862. The highest BCUT2D eigenvalue weighted by molar-refractivity contribution is 5.78. The van der Waals surface area contributed by atoms with E-state index < -0.39 is 0 Å². The zero-order valence-corrected chi connectivity index (χ0v) is 16.6. The Bertz CT molecular complexity index is 844. The fourth-order valence-corrected chi connectivity index (χ4v) is 3.43. The summed E-state index contributed by atoms with van der Waals surface area (Å²) in [5.41, 5.74) is 2.74. The van der Waals surface area contributed by atoms with E-state index in [0.29, 0.717) is 6.42 Å². The number of nitrogens with one attached hydrogen (secondary N) is 1. The van der Waals surface area contributed by atoms with E-state index in [-0.39, 0.29) is 24.2 Å². The Morgan fingerprint density at radius 3 is 2.70 bits per heavy atom. The summed E-state index contributed by atoms with van der Waals surface area (Å²) >= 11 is 0. The van der Waals surface area contributed by atoms with Crippen molar-refractivity contribution in [1.82, 2.24) is 5.32 Å². The minimum absolute atomic E-state index is 0.0268. The highest BCUT2D eigenvalue weighted by atomic mass is 16.5. The van der Waals surface area contributed by atoms with Crippen LogP contribution in [0.4, 0.5) is 0 Å². The number of rotatable bonds is 5. The van der Waals surface area contributed by atoms with Crippen LogP contribution in [0, 0.1) is 13.8 Å². The van der Waals surface area contributed by atoms with Gasteiger partial charge in [-0.25, -0.2) is 0 Å². The van der Waals surface area contributed by atoms with Gasteiger partial charge in [-0.05, 0) is 57.5 Å². The Morgan fingerprint density at radius 2 is 2.00 bits per heavy atom. The van der Waals surface area contributed by atoms with Crippen molar-refractivity contribution in [1.29, 1.82) is 0 Å². The average molecular weight is 369 g/mol. The molecule has 1 unspecified atom stereocenters. The maximum Gasteiger partial charge on any atom is 0.258 e. The van der Waals surface area contributed by atoms with Crippen LogP contribution in [-0.4, -0.2) is 25.2 Å². The van der Waals surface area contributed by atoms with Gasteiger partial charge in [-0.2, -0.15) is 0 Å². The number of amides is 1. The van der Waals surface area contributed by atoms with Crippen molar-refractivity contribution in [3.05, 3.63) is 53.1 Å². The molecule has 1 heterocycles. The summed E-state index contributed by atoms with van der Waals surface area (Å²) in [6.45, 7) is 8.02. The Labute approximate surface area is 160 Å². The molecular formula is C22H27NO4. The van der Waals surface area contributed by atoms with Crippen LogP contribution >= 0.6 is 0 Å². The minimum atomic E-state index is -0.367. The van der Waals surface area contributed by atoms with E-state index in [1.165, 1.54) is 5.56 Å². The number of benzene rings is 2. The van der Waals surface area contributed by atoms with E-state index in [4.69, 9.17) is 14.2 Å². The molecule has 0 spiro atoms. The van der Waals surface area contributed by atoms with Crippen LogP contribution < -0.4 is 19.5 Å². The Morgan fingerprint density at radius 1 is 1.22 bits per heavy atom. The standard InChI is InChI=1S/C22H27NO4/c1-14-6-8-19(15(2)10-14)26-13-21(24)23-18-12-22(3,4)27-20-9-7-16(25-5)11-17(18)20/h6-11,18H,12-13H2,1-5H3,(H,23,24). The van der Waals surface area contributed by atoms with Crippen molar-refractivity contribution in [3.63, 3.8) is 0 Å². The number of hydrogen-bond acceptors (Lipinski definition) is 4. The van der Waals surface area contributed by atoms with E-state index in [0.717, 1.165) is 28.4 Å². The third-order valence-electron chi connectivity index (χ3n) is 4.70. The fraction of sp³-hybridized carbons (Fsp3) is 0.409. The minimum Gasteiger partial charge on any atom is -0.497 e. The number of aryl methyl sites for hydroxylation is 2. The van der Waals surface area contributed by atoms with Crippen LogP contribution in [0.3, 0.4) is 0 Å². The lowest BCUT2D eigenvalue weighted by atomic mass is 9.89. The molecule has 1 amide bonds. The monoisotopic (exact) mass is 369 g/mol. The van der Waals surface area contributed by atoms with Crippen molar-refractivity contribution in [2.24, 2.45) is 0 Å². The number of carbonyl (C=O) groups excluding carboxylic acids is 1. The molecule has 1 atom stereocenters. The molecule has 3 rings (SSSR count). The summed E-state index contributed by atoms with van der Waals surface area (Å²) in [5, 5.41) is 3.08. The number of ether oxygens (including phenoxy) is 3. The zero-order valence-electron chi connectivity index (χ0n) is 16.6. The molecule has 0 saturated carbocycles.